The van der Waals surface area contributed by atoms with E-state index >= 15 is 0 Å². The summed E-state index contributed by atoms with van der Waals surface area (Å²) in [5.41, 5.74) is 0.328. The molecule has 0 spiro atoms. The minimum Gasteiger partial charge on any atom is -0.443 e. The van der Waals surface area contributed by atoms with E-state index in [1.165, 1.54) is 12.1 Å². The van der Waals surface area contributed by atoms with Crippen LogP contribution in [0.2, 0.25) is 0 Å². The Kier molecular flexibility index (Phi) is 4.45. The lowest BCUT2D eigenvalue weighted by Gasteiger charge is -2.27. The third-order valence-corrected chi connectivity index (χ3v) is 2.80. The number of halogens is 1. The molecule has 0 aliphatic carbocycles. The molecule has 0 N–H and O–H groups in total. The van der Waals surface area contributed by atoms with Crippen molar-refractivity contribution in [3.63, 3.8) is 0 Å². The Hall–Kier alpha value is -2.43. The molecule has 0 aliphatic rings. The Bertz CT molecular complexity index is 680. The molecule has 22 heavy (non-hydrogen) atoms. The summed E-state index contributed by atoms with van der Waals surface area (Å²) >= 11 is 0. The van der Waals surface area contributed by atoms with E-state index in [4.69, 9.17) is 4.74 Å². The van der Waals surface area contributed by atoms with Gasteiger partial charge in [-0.25, -0.2) is 19.1 Å². The van der Waals surface area contributed by atoms with Crippen LogP contribution in [0.3, 0.4) is 0 Å². The molecule has 116 valence electrons. The highest BCUT2D eigenvalue weighted by molar-refractivity contribution is 5.95. The minimum atomic E-state index is -0.690. The standard InChI is InChI=1S/C17H19FN2O2/c1-12-9-10-19-15(11-12)20(16(21)22-17(2,3)4)14-8-6-5-7-13(14)18/h5-11H,1-4H3. The fraction of sp³-hybridized carbons (Fsp3) is 0.294. The third-order valence-electron chi connectivity index (χ3n) is 2.80. The van der Waals surface area contributed by atoms with E-state index in [-0.39, 0.29) is 5.69 Å². The molecule has 0 bridgehead atoms. The first-order valence-electron chi connectivity index (χ1n) is 6.98. The molecule has 0 unspecified atom stereocenters. The van der Waals surface area contributed by atoms with Crippen molar-refractivity contribution in [1.29, 1.82) is 0 Å². The summed E-state index contributed by atoms with van der Waals surface area (Å²) in [6.07, 6.45) is 0.902. The summed E-state index contributed by atoms with van der Waals surface area (Å²) < 4.78 is 19.5. The number of benzene rings is 1. The maximum atomic E-state index is 14.1. The summed E-state index contributed by atoms with van der Waals surface area (Å²) in [4.78, 5) is 17.8. The Labute approximate surface area is 129 Å². The van der Waals surface area contributed by atoms with Crippen LogP contribution in [0, 0.1) is 12.7 Å². The number of aromatic nitrogens is 1. The predicted molar refractivity (Wildman–Crippen MR) is 83.7 cm³/mol. The highest BCUT2D eigenvalue weighted by Gasteiger charge is 2.27. The van der Waals surface area contributed by atoms with Gasteiger partial charge in [0.05, 0.1) is 5.69 Å². The number of hydrogen-bond acceptors (Lipinski definition) is 3. The summed E-state index contributed by atoms with van der Waals surface area (Å²) in [6, 6.07) is 9.54. The normalized spacial score (nSPS) is 11.1. The van der Waals surface area contributed by atoms with Crippen LogP contribution in [0.25, 0.3) is 0 Å². The maximum Gasteiger partial charge on any atom is 0.420 e. The van der Waals surface area contributed by atoms with Crippen LogP contribution in [0.1, 0.15) is 26.3 Å². The van der Waals surface area contributed by atoms with Crippen LogP contribution in [0.5, 0.6) is 0 Å². The molecule has 4 nitrogen and oxygen atoms in total. The smallest absolute Gasteiger partial charge is 0.420 e. The van der Waals surface area contributed by atoms with Crippen molar-refractivity contribution in [3.05, 3.63) is 54.0 Å². The molecule has 5 heteroatoms. The molecule has 0 atom stereocenters. The van der Waals surface area contributed by atoms with E-state index in [0.717, 1.165) is 10.5 Å². The van der Waals surface area contributed by atoms with Gasteiger partial charge in [-0.3, -0.25) is 0 Å². The molecule has 1 amide bonds. The number of anilines is 2. The number of hydrogen-bond donors (Lipinski definition) is 0. The number of pyridine rings is 1. The summed E-state index contributed by atoms with van der Waals surface area (Å²) in [5.74, 6) is -0.198. The summed E-state index contributed by atoms with van der Waals surface area (Å²) in [7, 11) is 0. The number of carbonyl (C=O) groups is 1. The number of nitrogens with zero attached hydrogens (tertiary/aromatic N) is 2. The molecule has 1 aromatic carbocycles. The number of carbonyl (C=O) groups excluding carboxylic acids is 1. The highest BCUT2D eigenvalue weighted by atomic mass is 19.1. The van der Waals surface area contributed by atoms with Crippen molar-refractivity contribution in [1.82, 2.24) is 4.98 Å². The lowest BCUT2D eigenvalue weighted by atomic mass is 10.2. The fourth-order valence-corrected chi connectivity index (χ4v) is 1.90. The van der Waals surface area contributed by atoms with E-state index in [0.29, 0.717) is 5.82 Å². The van der Waals surface area contributed by atoms with Crippen molar-refractivity contribution >= 4 is 17.6 Å². The summed E-state index contributed by atoms with van der Waals surface area (Å²) in [5, 5.41) is 0. The molecule has 0 saturated heterocycles. The zero-order chi connectivity index (χ0) is 16.3. The van der Waals surface area contributed by atoms with E-state index in [1.54, 1.807) is 51.2 Å². The van der Waals surface area contributed by atoms with Gasteiger partial charge in [0.1, 0.15) is 17.2 Å². The van der Waals surface area contributed by atoms with Crippen LogP contribution in [-0.2, 0) is 4.74 Å². The molecule has 2 rings (SSSR count). The van der Waals surface area contributed by atoms with E-state index in [9.17, 15) is 9.18 Å². The van der Waals surface area contributed by atoms with Crippen molar-refractivity contribution in [3.8, 4) is 0 Å². The van der Waals surface area contributed by atoms with Crippen LogP contribution >= 0.6 is 0 Å². The molecule has 0 aliphatic heterocycles. The number of rotatable bonds is 2. The van der Waals surface area contributed by atoms with E-state index in [2.05, 4.69) is 4.98 Å². The number of para-hydroxylation sites is 1. The Morgan fingerprint density at radius 3 is 2.50 bits per heavy atom. The van der Waals surface area contributed by atoms with Crippen LogP contribution in [-0.4, -0.2) is 16.7 Å². The second-order valence-corrected chi connectivity index (χ2v) is 5.96. The van der Waals surface area contributed by atoms with Gasteiger partial charge in [0.2, 0.25) is 0 Å². The van der Waals surface area contributed by atoms with E-state index < -0.39 is 17.5 Å². The zero-order valence-corrected chi connectivity index (χ0v) is 13.1. The Morgan fingerprint density at radius 2 is 1.91 bits per heavy atom. The third kappa shape index (κ3) is 3.81. The van der Waals surface area contributed by atoms with Gasteiger partial charge in [-0.05, 0) is 57.5 Å². The maximum absolute atomic E-state index is 14.1. The van der Waals surface area contributed by atoms with Crippen LogP contribution in [0.4, 0.5) is 20.7 Å². The van der Waals surface area contributed by atoms with Crippen molar-refractivity contribution in [2.75, 3.05) is 4.90 Å². The second kappa shape index (κ2) is 6.13. The summed E-state index contributed by atoms with van der Waals surface area (Å²) in [6.45, 7) is 7.15. The monoisotopic (exact) mass is 302 g/mol. The molecule has 0 fully saturated rings. The quantitative estimate of drug-likeness (QED) is 0.814. The number of ether oxygens (including phenoxy) is 1. The minimum absolute atomic E-state index is 0.106. The SMILES string of the molecule is Cc1ccnc(N(C(=O)OC(C)(C)C)c2ccccc2F)c1. The van der Waals surface area contributed by atoms with Gasteiger partial charge in [0, 0.05) is 6.20 Å². The van der Waals surface area contributed by atoms with Crippen LogP contribution < -0.4 is 4.90 Å². The number of aryl methyl sites for hydroxylation is 1. The fourth-order valence-electron chi connectivity index (χ4n) is 1.90. The van der Waals surface area contributed by atoms with E-state index in [1.807, 2.05) is 6.92 Å². The molecule has 1 heterocycles. The molecule has 1 aromatic heterocycles. The first kappa shape index (κ1) is 15.9. The zero-order valence-electron chi connectivity index (χ0n) is 13.1. The first-order chi connectivity index (χ1) is 10.3. The van der Waals surface area contributed by atoms with Gasteiger partial charge in [-0.2, -0.15) is 0 Å². The molecule has 0 saturated carbocycles. The molecule has 2 aromatic rings. The average Bonchev–Trinajstić information content (AvgIpc) is 2.39. The lowest BCUT2D eigenvalue weighted by Crippen LogP contribution is -2.34. The Morgan fingerprint density at radius 1 is 1.23 bits per heavy atom. The van der Waals surface area contributed by atoms with Gasteiger partial charge >= 0.3 is 6.09 Å². The van der Waals surface area contributed by atoms with Gasteiger partial charge in [-0.15, -0.1) is 0 Å². The van der Waals surface area contributed by atoms with Gasteiger partial charge in [-0.1, -0.05) is 12.1 Å². The second-order valence-electron chi connectivity index (χ2n) is 5.96. The molecular weight excluding hydrogens is 283 g/mol. The van der Waals surface area contributed by atoms with Crippen molar-refractivity contribution in [2.24, 2.45) is 0 Å². The van der Waals surface area contributed by atoms with Gasteiger partial charge < -0.3 is 4.74 Å². The van der Waals surface area contributed by atoms with Crippen LogP contribution in [0.15, 0.2) is 42.6 Å². The highest BCUT2D eigenvalue weighted by Crippen LogP contribution is 2.28. The topological polar surface area (TPSA) is 42.4 Å². The molecular formula is C17H19FN2O2. The first-order valence-corrected chi connectivity index (χ1v) is 6.98. The largest absolute Gasteiger partial charge is 0.443 e. The van der Waals surface area contributed by atoms with Crippen molar-refractivity contribution < 1.29 is 13.9 Å². The van der Waals surface area contributed by atoms with Crippen molar-refractivity contribution in [2.45, 2.75) is 33.3 Å². The van der Waals surface area contributed by atoms with Gasteiger partial charge in [0.25, 0.3) is 0 Å². The Balaban J connectivity index is 2.50. The predicted octanol–water partition coefficient (Wildman–Crippen LogP) is 4.60. The lowest BCUT2D eigenvalue weighted by molar-refractivity contribution is 0.0597. The average molecular weight is 302 g/mol. The number of amides is 1. The molecule has 0 radical (unpaired) electrons. The van der Waals surface area contributed by atoms with Gasteiger partial charge in [0.15, 0.2) is 0 Å².